The first-order valence-electron chi connectivity index (χ1n) is 5.13. The van der Waals surface area contributed by atoms with Gasteiger partial charge >= 0.3 is 0 Å². The number of rotatable bonds is 2. The van der Waals surface area contributed by atoms with Crippen LogP contribution in [0.2, 0.25) is 0 Å². The van der Waals surface area contributed by atoms with Gasteiger partial charge < -0.3 is 10.3 Å². The molecule has 2 aromatic rings. The van der Waals surface area contributed by atoms with Crippen molar-refractivity contribution in [2.75, 3.05) is 0 Å². The second-order valence-corrected chi connectivity index (χ2v) is 4.68. The summed E-state index contributed by atoms with van der Waals surface area (Å²) in [7, 11) is 0. The Morgan fingerprint density at radius 1 is 1.38 bits per heavy atom. The maximum atomic E-state index is 5.76. The van der Waals surface area contributed by atoms with E-state index in [-0.39, 0.29) is 0 Å². The number of benzene rings is 1. The minimum atomic E-state index is 0.519. The summed E-state index contributed by atoms with van der Waals surface area (Å²) >= 11 is 3.45. The summed E-state index contributed by atoms with van der Waals surface area (Å²) in [5, 5.41) is 0. The van der Waals surface area contributed by atoms with Crippen LogP contribution in [0.1, 0.15) is 17.0 Å². The highest BCUT2D eigenvalue weighted by Gasteiger charge is 2.08. The number of imidazole rings is 1. The lowest BCUT2D eigenvalue weighted by molar-refractivity contribution is 0.951. The lowest BCUT2D eigenvalue weighted by Gasteiger charge is -2.11. The molecule has 2 rings (SSSR count). The van der Waals surface area contributed by atoms with E-state index in [1.54, 1.807) is 0 Å². The largest absolute Gasteiger partial charge is 0.326 e. The average molecular weight is 280 g/mol. The maximum absolute atomic E-state index is 5.76. The third-order valence-corrected chi connectivity index (χ3v) is 3.27. The van der Waals surface area contributed by atoms with Crippen molar-refractivity contribution in [2.45, 2.75) is 20.4 Å². The van der Waals surface area contributed by atoms with Gasteiger partial charge in [0.1, 0.15) is 0 Å². The molecular formula is C12H14BrN3. The zero-order chi connectivity index (χ0) is 11.7. The second-order valence-electron chi connectivity index (χ2n) is 3.76. The summed E-state index contributed by atoms with van der Waals surface area (Å²) in [4.78, 5) is 4.30. The van der Waals surface area contributed by atoms with E-state index in [1.807, 2.05) is 25.4 Å². The van der Waals surface area contributed by atoms with Crippen LogP contribution in [0.4, 0.5) is 0 Å². The molecule has 0 aliphatic heterocycles. The summed E-state index contributed by atoms with van der Waals surface area (Å²) in [6.07, 6.45) is 1.84. The fourth-order valence-electron chi connectivity index (χ4n) is 1.69. The third-order valence-electron chi connectivity index (χ3n) is 2.77. The summed E-state index contributed by atoms with van der Waals surface area (Å²) in [6, 6.07) is 6.12. The van der Waals surface area contributed by atoms with Gasteiger partial charge in [-0.3, -0.25) is 0 Å². The minimum absolute atomic E-state index is 0.519. The highest BCUT2D eigenvalue weighted by atomic mass is 79.9. The highest BCUT2D eigenvalue weighted by Crippen LogP contribution is 2.21. The Labute approximate surface area is 103 Å². The molecule has 1 aromatic heterocycles. The topological polar surface area (TPSA) is 43.8 Å². The zero-order valence-electron chi connectivity index (χ0n) is 9.37. The van der Waals surface area contributed by atoms with Crippen molar-refractivity contribution in [1.29, 1.82) is 0 Å². The van der Waals surface area contributed by atoms with Crippen LogP contribution in [-0.2, 0) is 6.54 Å². The Hall–Kier alpha value is -1.13. The van der Waals surface area contributed by atoms with Crippen LogP contribution in [0, 0.1) is 13.8 Å². The molecular weight excluding hydrogens is 266 g/mol. The molecule has 0 spiro atoms. The second kappa shape index (κ2) is 4.39. The van der Waals surface area contributed by atoms with Crippen LogP contribution in [0.25, 0.3) is 5.69 Å². The number of hydrogen-bond acceptors (Lipinski definition) is 2. The molecule has 84 valence electrons. The molecule has 0 fully saturated rings. The predicted octanol–water partition coefficient (Wildman–Crippen LogP) is 2.71. The minimum Gasteiger partial charge on any atom is -0.326 e. The van der Waals surface area contributed by atoms with Gasteiger partial charge in [-0.05, 0) is 37.6 Å². The van der Waals surface area contributed by atoms with Crippen molar-refractivity contribution in [3.05, 3.63) is 46.0 Å². The van der Waals surface area contributed by atoms with Crippen molar-refractivity contribution < 1.29 is 0 Å². The predicted molar refractivity (Wildman–Crippen MR) is 68.6 cm³/mol. The van der Waals surface area contributed by atoms with Crippen LogP contribution in [-0.4, -0.2) is 9.55 Å². The Balaban J connectivity index is 2.59. The van der Waals surface area contributed by atoms with Gasteiger partial charge in [0.05, 0.1) is 17.7 Å². The molecule has 1 aromatic carbocycles. The van der Waals surface area contributed by atoms with Gasteiger partial charge in [-0.2, -0.15) is 0 Å². The van der Waals surface area contributed by atoms with E-state index in [2.05, 4.69) is 38.5 Å². The monoisotopic (exact) mass is 279 g/mol. The molecule has 0 bridgehead atoms. The molecule has 0 radical (unpaired) electrons. The van der Waals surface area contributed by atoms with E-state index in [1.165, 1.54) is 0 Å². The van der Waals surface area contributed by atoms with Gasteiger partial charge in [-0.25, -0.2) is 4.98 Å². The normalized spacial score (nSPS) is 10.8. The smallest absolute Gasteiger partial charge is 0.0997 e. The van der Waals surface area contributed by atoms with E-state index in [0.717, 1.165) is 27.1 Å². The molecule has 4 heteroatoms. The van der Waals surface area contributed by atoms with E-state index < -0.39 is 0 Å². The summed E-state index contributed by atoms with van der Waals surface area (Å²) < 4.78 is 3.12. The average Bonchev–Trinajstić information content (AvgIpc) is 2.60. The SMILES string of the molecule is Cc1ncn(-c2ccc(Br)cc2CN)c1C. The van der Waals surface area contributed by atoms with Gasteiger partial charge in [0.2, 0.25) is 0 Å². The van der Waals surface area contributed by atoms with Crippen molar-refractivity contribution in [3.63, 3.8) is 0 Å². The van der Waals surface area contributed by atoms with E-state index in [4.69, 9.17) is 5.73 Å². The summed E-state index contributed by atoms with van der Waals surface area (Å²) in [5.74, 6) is 0. The fraction of sp³-hybridized carbons (Fsp3) is 0.250. The molecule has 16 heavy (non-hydrogen) atoms. The Morgan fingerprint density at radius 3 is 2.69 bits per heavy atom. The standard InChI is InChI=1S/C12H14BrN3/c1-8-9(2)16(7-15-8)12-4-3-11(13)5-10(12)6-14/h3-5,7H,6,14H2,1-2H3. The molecule has 0 saturated carbocycles. The van der Waals surface area contributed by atoms with Crippen LogP contribution in [0.15, 0.2) is 29.0 Å². The number of nitrogens with zero attached hydrogens (tertiary/aromatic N) is 2. The number of aryl methyl sites for hydroxylation is 1. The van der Waals surface area contributed by atoms with Crippen molar-refractivity contribution >= 4 is 15.9 Å². The van der Waals surface area contributed by atoms with Gasteiger partial charge in [-0.1, -0.05) is 15.9 Å². The molecule has 0 amide bonds. The molecule has 0 aliphatic rings. The molecule has 0 saturated heterocycles. The van der Waals surface area contributed by atoms with Gasteiger partial charge in [0.15, 0.2) is 0 Å². The molecule has 2 N–H and O–H groups in total. The van der Waals surface area contributed by atoms with Crippen LogP contribution in [0.3, 0.4) is 0 Å². The molecule has 0 aliphatic carbocycles. The van der Waals surface area contributed by atoms with Crippen LogP contribution >= 0.6 is 15.9 Å². The molecule has 3 nitrogen and oxygen atoms in total. The third kappa shape index (κ3) is 1.90. The number of halogens is 1. The van der Waals surface area contributed by atoms with Crippen molar-refractivity contribution in [2.24, 2.45) is 5.73 Å². The Bertz CT molecular complexity index is 517. The lowest BCUT2D eigenvalue weighted by Crippen LogP contribution is -2.05. The van der Waals surface area contributed by atoms with E-state index in [9.17, 15) is 0 Å². The quantitative estimate of drug-likeness (QED) is 0.919. The van der Waals surface area contributed by atoms with Gasteiger partial charge in [-0.15, -0.1) is 0 Å². The summed E-state index contributed by atoms with van der Waals surface area (Å²) in [6.45, 7) is 4.59. The number of aromatic nitrogens is 2. The Kier molecular flexibility index (Phi) is 3.12. The summed E-state index contributed by atoms with van der Waals surface area (Å²) in [5.41, 5.74) is 10.2. The van der Waals surface area contributed by atoms with Crippen LogP contribution in [0.5, 0.6) is 0 Å². The van der Waals surface area contributed by atoms with Crippen LogP contribution < -0.4 is 5.73 Å². The van der Waals surface area contributed by atoms with Crippen molar-refractivity contribution in [3.8, 4) is 5.69 Å². The first kappa shape index (κ1) is 11.4. The van der Waals surface area contributed by atoms with E-state index in [0.29, 0.717) is 6.54 Å². The van der Waals surface area contributed by atoms with Gasteiger partial charge in [0.25, 0.3) is 0 Å². The lowest BCUT2D eigenvalue weighted by atomic mass is 10.1. The fourth-order valence-corrected chi connectivity index (χ4v) is 2.10. The van der Waals surface area contributed by atoms with Gasteiger partial charge in [0, 0.05) is 16.7 Å². The maximum Gasteiger partial charge on any atom is 0.0997 e. The first-order valence-corrected chi connectivity index (χ1v) is 5.92. The molecule has 0 unspecified atom stereocenters. The molecule has 1 heterocycles. The number of hydrogen-bond donors (Lipinski definition) is 1. The Morgan fingerprint density at radius 2 is 2.12 bits per heavy atom. The van der Waals surface area contributed by atoms with Crippen molar-refractivity contribution in [1.82, 2.24) is 9.55 Å². The first-order chi connectivity index (χ1) is 7.63. The highest BCUT2D eigenvalue weighted by molar-refractivity contribution is 9.10. The zero-order valence-corrected chi connectivity index (χ0v) is 11.0. The molecule has 0 atom stereocenters. The number of nitrogens with two attached hydrogens (primary N) is 1. The van der Waals surface area contributed by atoms with E-state index >= 15 is 0 Å².